The molecule has 0 radical (unpaired) electrons. The fourth-order valence-electron chi connectivity index (χ4n) is 2.56. The molecule has 28 heavy (non-hydrogen) atoms. The van der Waals surface area contributed by atoms with Gasteiger partial charge in [0, 0.05) is 12.6 Å². The van der Waals surface area contributed by atoms with Crippen LogP contribution in [0.4, 0.5) is 16.0 Å². The zero-order chi connectivity index (χ0) is 19.8. The number of methoxy groups -OCH3 is 1. The van der Waals surface area contributed by atoms with Crippen LogP contribution in [0.3, 0.4) is 0 Å². The molecular weight excluding hydrogens is 359 g/mol. The summed E-state index contributed by atoms with van der Waals surface area (Å²) in [7, 11) is 1.63. The Balaban J connectivity index is 1.48. The van der Waals surface area contributed by atoms with E-state index in [1.54, 1.807) is 19.2 Å². The molecule has 1 aromatic heterocycles. The molecule has 0 aliphatic heterocycles. The van der Waals surface area contributed by atoms with Crippen LogP contribution < -0.4 is 20.1 Å². The number of ether oxygens (including phenoxy) is 2. The number of benzene rings is 2. The molecular formula is C21H23FN4O2. The van der Waals surface area contributed by atoms with E-state index >= 15 is 0 Å². The van der Waals surface area contributed by atoms with Gasteiger partial charge in [-0.1, -0.05) is 12.1 Å². The molecule has 0 unspecified atom stereocenters. The summed E-state index contributed by atoms with van der Waals surface area (Å²) in [6, 6.07) is 15.7. The van der Waals surface area contributed by atoms with E-state index < -0.39 is 0 Å². The van der Waals surface area contributed by atoms with Crippen LogP contribution in [-0.4, -0.2) is 30.2 Å². The van der Waals surface area contributed by atoms with Crippen molar-refractivity contribution in [1.82, 2.24) is 9.97 Å². The minimum atomic E-state index is -0.245. The molecule has 3 rings (SSSR count). The third-order valence-corrected chi connectivity index (χ3v) is 3.96. The Labute approximate surface area is 163 Å². The van der Waals surface area contributed by atoms with Crippen LogP contribution in [0.1, 0.15) is 11.4 Å². The van der Waals surface area contributed by atoms with Crippen molar-refractivity contribution in [3.63, 3.8) is 0 Å². The zero-order valence-electron chi connectivity index (χ0n) is 15.9. The van der Waals surface area contributed by atoms with E-state index in [4.69, 9.17) is 9.47 Å². The molecule has 146 valence electrons. The Morgan fingerprint density at radius 1 is 0.893 bits per heavy atom. The Morgan fingerprint density at radius 2 is 1.54 bits per heavy atom. The minimum Gasteiger partial charge on any atom is -0.497 e. The van der Waals surface area contributed by atoms with Crippen LogP contribution in [0.25, 0.3) is 0 Å². The molecule has 0 amide bonds. The largest absolute Gasteiger partial charge is 0.497 e. The average molecular weight is 382 g/mol. The van der Waals surface area contributed by atoms with Crippen molar-refractivity contribution >= 4 is 11.6 Å². The highest BCUT2D eigenvalue weighted by atomic mass is 19.1. The summed E-state index contributed by atoms with van der Waals surface area (Å²) in [6.45, 7) is 3.48. The van der Waals surface area contributed by atoms with Crippen LogP contribution in [0.2, 0.25) is 0 Å². The smallest absolute Gasteiger partial charge is 0.132 e. The normalized spacial score (nSPS) is 10.4. The number of rotatable bonds is 9. The van der Waals surface area contributed by atoms with Crippen LogP contribution in [-0.2, 0) is 6.54 Å². The fourth-order valence-corrected chi connectivity index (χ4v) is 2.56. The molecule has 2 N–H and O–H groups in total. The molecule has 0 saturated carbocycles. The molecule has 0 aliphatic carbocycles. The van der Waals surface area contributed by atoms with Gasteiger partial charge in [0.25, 0.3) is 0 Å². The summed E-state index contributed by atoms with van der Waals surface area (Å²) in [5, 5.41) is 6.47. The van der Waals surface area contributed by atoms with Gasteiger partial charge in [-0.05, 0) is 48.9 Å². The maximum atomic E-state index is 13.0. The lowest BCUT2D eigenvalue weighted by atomic mass is 10.2. The predicted molar refractivity (Wildman–Crippen MR) is 107 cm³/mol. The van der Waals surface area contributed by atoms with Crippen molar-refractivity contribution in [3.8, 4) is 11.5 Å². The number of anilines is 2. The first-order valence-corrected chi connectivity index (χ1v) is 8.97. The Hall–Kier alpha value is -3.35. The van der Waals surface area contributed by atoms with Gasteiger partial charge >= 0.3 is 0 Å². The van der Waals surface area contributed by atoms with Crippen molar-refractivity contribution < 1.29 is 13.9 Å². The topological polar surface area (TPSA) is 68.3 Å². The molecule has 0 fully saturated rings. The summed E-state index contributed by atoms with van der Waals surface area (Å²) in [5.74, 6) is 3.40. The Bertz CT molecular complexity index is 886. The van der Waals surface area contributed by atoms with Gasteiger partial charge in [0.1, 0.15) is 41.4 Å². The first kappa shape index (κ1) is 19.4. The molecule has 2 aromatic carbocycles. The van der Waals surface area contributed by atoms with Gasteiger partial charge in [-0.15, -0.1) is 0 Å². The summed E-state index contributed by atoms with van der Waals surface area (Å²) in [4.78, 5) is 8.76. The highest BCUT2D eigenvalue weighted by molar-refractivity contribution is 5.47. The Kier molecular flexibility index (Phi) is 6.62. The molecule has 1 heterocycles. The van der Waals surface area contributed by atoms with E-state index in [1.165, 1.54) is 12.1 Å². The van der Waals surface area contributed by atoms with Crippen LogP contribution in [0, 0.1) is 12.7 Å². The zero-order valence-corrected chi connectivity index (χ0v) is 15.9. The first-order valence-electron chi connectivity index (χ1n) is 8.97. The molecule has 7 heteroatoms. The SMILES string of the molecule is COc1ccc(OCCNc2cc(NCc3ccc(F)cc3)nc(C)n2)cc1. The van der Waals surface area contributed by atoms with E-state index in [0.717, 1.165) is 17.1 Å². The van der Waals surface area contributed by atoms with Crippen molar-refractivity contribution in [3.05, 3.63) is 71.8 Å². The van der Waals surface area contributed by atoms with Crippen molar-refractivity contribution in [2.45, 2.75) is 13.5 Å². The summed E-state index contributed by atoms with van der Waals surface area (Å²) in [6.07, 6.45) is 0. The second-order valence-electron chi connectivity index (χ2n) is 6.12. The third kappa shape index (κ3) is 5.84. The number of aromatic nitrogens is 2. The predicted octanol–water partition coefficient (Wildman–Crippen LogP) is 4.04. The number of nitrogens with one attached hydrogen (secondary N) is 2. The lowest BCUT2D eigenvalue weighted by Crippen LogP contribution is -2.13. The average Bonchev–Trinajstić information content (AvgIpc) is 2.71. The maximum Gasteiger partial charge on any atom is 0.132 e. The van der Waals surface area contributed by atoms with Crippen LogP contribution in [0.5, 0.6) is 11.5 Å². The molecule has 3 aromatic rings. The highest BCUT2D eigenvalue weighted by Crippen LogP contribution is 2.17. The van der Waals surface area contributed by atoms with E-state index in [0.29, 0.717) is 37.2 Å². The summed E-state index contributed by atoms with van der Waals surface area (Å²) >= 11 is 0. The fraction of sp³-hybridized carbons (Fsp3) is 0.238. The number of hydrogen-bond acceptors (Lipinski definition) is 6. The third-order valence-electron chi connectivity index (χ3n) is 3.96. The molecule has 0 bridgehead atoms. The Morgan fingerprint density at radius 3 is 2.21 bits per heavy atom. The van der Waals surface area contributed by atoms with Crippen LogP contribution >= 0.6 is 0 Å². The molecule has 0 spiro atoms. The molecule has 6 nitrogen and oxygen atoms in total. The lowest BCUT2D eigenvalue weighted by Gasteiger charge is -2.11. The molecule has 0 atom stereocenters. The number of halogens is 1. The molecule has 0 saturated heterocycles. The van der Waals surface area contributed by atoms with Gasteiger partial charge < -0.3 is 20.1 Å². The maximum absolute atomic E-state index is 13.0. The first-order chi connectivity index (χ1) is 13.6. The van der Waals surface area contributed by atoms with Crippen molar-refractivity contribution in [1.29, 1.82) is 0 Å². The standard InChI is InChI=1S/C21H23FN4O2/c1-15-25-20(23-11-12-28-19-9-7-18(27-2)8-10-19)13-21(26-15)24-14-16-3-5-17(22)6-4-16/h3-10,13H,11-12,14H2,1-2H3,(H2,23,24,25,26). The lowest BCUT2D eigenvalue weighted by molar-refractivity contribution is 0.331. The molecule has 0 aliphatic rings. The van der Waals surface area contributed by atoms with Gasteiger partial charge in [0.05, 0.1) is 13.7 Å². The number of nitrogens with zero attached hydrogens (tertiary/aromatic N) is 2. The van der Waals surface area contributed by atoms with Gasteiger partial charge in [-0.3, -0.25) is 0 Å². The monoisotopic (exact) mass is 382 g/mol. The van der Waals surface area contributed by atoms with Crippen LogP contribution in [0.15, 0.2) is 54.6 Å². The van der Waals surface area contributed by atoms with Gasteiger partial charge in [-0.25, -0.2) is 14.4 Å². The summed E-state index contributed by atoms with van der Waals surface area (Å²) in [5.41, 5.74) is 0.972. The second-order valence-corrected chi connectivity index (χ2v) is 6.12. The van der Waals surface area contributed by atoms with Gasteiger partial charge in [0.2, 0.25) is 0 Å². The van der Waals surface area contributed by atoms with E-state index in [9.17, 15) is 4.39 Å². The summed E-state index contributed by atoms with van der Waals surface area (Å²) < 4.78 is 23.8. The highest BCUT2D eigenvalue weighted by Gasteiger charge is 2.03. The number of hydrogen-bond donors (Lipinski definition) is 2. The minimum absolute atomic E-state index is 0.245. The van der Waals surface area contributed by atoms with E-state index in [-0.39, 0.29) is 5.82 Å². The quantitative estimate of drug-likeness (QED) is 0.545. The van der Waals surface area contributed by atoms with Gasteiger partial charge in [0.15, 0.2) is 0 Å². The number of aryl methyl sites for hydroxylation is 1. The van der Waals surface area contributed by atoms with Gasteiger partial charge in [-0.2, -0.15) is 0 Å². The van der Waals surface area contributed by atoms with Crippen molar-refractivity contribution in [2.75, 3.05) is 30.9 Å². The van der Waals surface area contributed by atoms with Crippen molar-refractivity contribution in [2.24, 2.45) is 0 Å². The second kappa shape index (κ2) is 9.55. The van der Waals surface area contributed by atoms with E-state index in [2.05, 4.69) is 20.6 Å². The van der Waals surface area contributed by atoms with E-state index in [1.807, 2.05) is 37.3 Å².